The second-order valence-corrected chi connectivity index (χ2v) is 8.08. The second-order valence-electron chi connectivity index (χ2n) is 8.08. The zero-order valence-electron chi connectivity index (χ0n) is 18.3. The predicted molar refractivity (Wildman–Crippen MR) is 120 cm³/mol. The van der Waals surface area contributed by atoms with Crippen molar-refractivity contribution in [2.24, 2.45) is 0 Å². The van der Waals surface area contributed by atoms with Crippen LogP contribution in [-0.4, -0.2) is 47.9 Å². The molecule has 0 saturated carbocycles. The number of fused-ring (bicyclic) bond motifs is 2. The Hall–Kier alpha value is -2.93. The fourth-order valence-corrected chi connectivity index (χ4v) is 4.72. The van der Waals surface area contributed by atoms with Gasteiger partial charge in [0.1, 0.15) is 5.82 Å². The summed E-state index contributed by atoms with van der Waals surface area (Å²) in [5.41, 5.74) is 5.43. The number of allylic oxidation sites excluding steroid dienone is 1. The van der Waals surface area contributed by atoms with Crippen molar-refractivity contribution in [1.82, 2.24) is 15.2 Å². The number of hydrogen-bond acceptors (Lipinski definition) is 3. The van der Waals surface area contributed by atoms with E-state index in [2.05, 4.69) is 34.4 Å². The number of aromatic amines is 1. The predicted octanol–water partition coefficient (Wildman–Crippen LogP) is 3.73. The standard InChI is InChI=1S/C24H29FN4O2/c1-4-29(5-2)13-12-26-23(30)19-14(3)27-21-15(19)8-6-9-16(21)20-17-10-7-11-18(25)22(17)28-24(20)31/h7,10-11,27H,4-6,8-9,12-13H2,1-3H3,(H,26,30)(H,28,31)/b20-16-. The molecule has 0 spiro atoms. The van der Waals surface area contributed by atoms with E-state index in [-0.39, 0.29) is 17.5 Å². The van der Waals surface area contributed by atoms with Crippen molar-refractivity contribution in [1.29, 1.82) is 0 Å². The van der Waals surface area contributed by atoms with Gasteiger partial charge < -0.3 is 20.5 Å². The molecule has 4 rings (SSSR count). The molecule has 31 heavy (non-hydrogen) atoms. The van der Waals surface area contributed by atoms with Gasteiger partial charge in [0, 0.05) is 30.0 Å². The molecule has 1 aromatic heterocycles. The van der Waals surface area contributed by atoms with Crippen molar-refractivity contribution >= 4 is 28.6 Å². The Balaban J connectivity index is 1.68. The highest BCUT2D eigenvalue weighted by Gasteiger charge is 2.34. The number of rotatable bonds is 6. The van der Waals surface area contributed by atoms with Gasteiger partial charge in [-0.3, -0.25) is 9.59 Å². The van der Waals surface area contributed by atoms with Gasteiger partial charge in [-0.05, 0) is 56.5 Å². The minimum atomic E-state index is -0.437. The number of carbonyl (C=O) groups excluding carboxylic acids is 2. The number of para-hydroxylation sites is 1. The lowest BCUT2D eigenvalue weighted by atomic mass is 9.86. The maximum atomic E-state index is 14.2. The number of anilines is 1. The maximum absolute atomic E-state index is 14.2. The topological polar surface area (TPSA) is 77.2 Å². The molecule has 2 heterocycles. The van der Waals surface area contributed by atoms with E-state index in [0.29, 0.717) is 29.7 Å². The number of aryl methyl sites for hydroxylation is 1. The fraction of sp³-hybridized carbons (Fsp3) is 0.417. The Labute approximate surface area is 181 Å². The summed E-state index contributed by atoms with van der Waals surface area (Å²) in [4.78, 5) is 31.4. The smallest absolute Gasteiger partial charge is 0.256 e. The van der Waals surface area contributed by atoms with Gasteiger partial charge in [0.25, 0.3) is 11.8 Å². The van der Waals surface area contributed by atoms with Gasteiger partial charge in [0.05, 0.1) is 16.8 Å². The molecule has 0 atom stereocenters. The number of halogens is 1. The summed E-state index contributed by atoms with van der Waals surface area (Å²) in [6, 6.07) is 4.73. The van der Waals surface area contributed by atoms with E-state index in [4.69, 9.17) is 0 Å². The number of hydrogen-bond donors (Lipinski definition) is 3. The summed E-state index contributed by atoms with van der Waals surface area (Å²) < 4.78 is 14.2. The number of carbonyl (C=O) groups is 2. The van der Waals surface area contributed by atoms with Crippen molar-refractivity contribution in [2.75, 3.05) is 31.5 Å². The van der Waals surface area contributed by atoms with Crippen LogP contribution in [0.1, 0.15) is 59.6 Å². The van der Waals surface area contributed by atoms with E-state index in [9.17, 15) is 14.0 Å². The number of likely N-dealkylation sites (N-methyl/N-ethyl adjacent to an activating group) is 1. The highest BCUT2D eigenvalue weighted by molar-refractivity contribution is 6.37. The van der Waals surface area contributed by atoms with Gasteiger partial charge in [-0.25, -0.2) is 4.39 Å². The summed E-state index contributed by atoms with van der Waals surface area (Å²) >= 11 is 0. The molecule has 1 aromatic carbocycles. The zero-order chi connectivity index (χ0) is 22.1. The van der Waals surface area contributed by atoms with Crippen LogP contribution in [0.4, 0.5) is 10.1 Å². The van der Waals surface area contributed by atoms with Crippen molar-refractivity contribution in [3.8, 4) is 0 Å². The molecule has 3 N–H and O–H groups in total. The summed E-state index contributed by atoms with van der Waals surface area (Å²) in [6.07, 6.45) is 2.31. The number of amides is 2. The number of aromatic nitrogens is 1. The van der Waals surface area contributed by atoms with Crippen LogP contribution in [0, 0.1) is 12.7 Å². The number of nitrogens with zero attached hydrogens (tertiary/aromatic N) is 1. The van der Waals surface area contributed by atoms with Crippen LogP contribution in [0.5, 0.6) is 0 Å². The van der Waals surface area contributed by atoms with E-state index in [1.165, 1.54) is 6.07 Å². The van der Waals surface area contributed by atoms with Gasteiger partial charge in [-0.15, -0.1) is 0 Å². The van der Waals surface area contributed by atoms with Gasteiger partial charge in [0.2, 0.25) is 0 Å². The average Bonchev–Trinajstić information content (AvgIpc) is 3.27. The van der Waals surface area contributed by atoms with Crippen LogP contribution in [-0.2, 0) is 11.2 Å². The molecule has 1 aliphatic carbocycles. The minimum Gasteiger partial charge on any atom is -0.358 e. The molecular weight excluding hydrogens is 395 g/mol. The van der Waals surface area contributed by atoms with Crippen LogP contribution >= 0.6 is 0 Å². The van der Waals surface area contributed by atoms with Gasteiger partial charge in [0.15, 0.2) is 0 Å². The Morgan fingerprint density at radius 2 is 2.00 bits per heavy atom. The second kappa shape index (κ2) is 8.67. The Kier molecular flexibility index (Phi) is 5.96. The van der Waals surface area contributed by atoms with Crippen LogP contribution in [0.25, 0.3) is 11.1 Å². The summed E-state index contributed by atoms with van der Waals surface area (Å²) in [5, 5.41) is 5.71. The van der Waals surface area contributed by atoms with E-state index >= 15 is 0 Å². The minimum absolute atomic E-state index is 0.0873. The lowest BCUT2D eigenvalue weighted by molar-refractivity contribution is -0.110. The number of H-pyrrole nitrogens is 1. The zero-order valence-corrected chi connectivity index (χ0v) is 18.3. The summed E-state index contributed by atoms with van der Waals surface area (Å²) in [6.45, 7) is 9.40. The maximum Gasteiger partial charge on any atom is 0.256 e. The molecule has 6 nitrogen and oxygen atoms in total. The molecule has 0 fully saturated rings. The van der Waals surface area contributed by atoms with Crippen molar-refractivity contribution in [3.05, 3.63) is 52.1 Å². The fourth-order valence-electron chi connectivity index (χ4n) is 4.72. The third kappa shape index (κ3) is 3.78. The molecule has 0 unspecified atom stereocenters. The van der Waals surface area contributed by atoms with Gasteiger partial charge in [-0.1, -0.05) is 26.0 Å². The Morgan fingerprint density at radius 1 is 1.23 bits per heavy atom. The molecule has 7 heteroatoms. The Morgan fingerprint density at radius 3 is 2.74 bits per heavy atom. The lowest BCUT2D eigenvalue weighted by Gasteiger charge is -2.19. The highest BCUT2D eigenvalue weighted by Crippen LogP contribution is 2.43. The lowest BCUT2D eigenvalue weighted by Crippen LogP contribution is -2.35. The molecule has 2 amide bonds. The summed E-state index contributed by atoms with van der Waals surface area (Å²) in [7, 11) is 0. The normalized spacial score (nSPS) is 17.5. The van der Waals surface area contributed by atoms with Crippen molar-refractivity contribution < 1.29 is 14.0 Å². The molecule has 0 saturated heterocycles. The van der Waals surface area contributed by atoms with E-state index in [0.717, 1.165) is 55.0 Å². The van der Waals surface area contributed by atoms with Crippen LogP contribution < -0.4 is 10.6 Å². The molecule has 1 aliphatic heterocycles. The number of nitrogens with one attached hydrogen (secondary N) is 3. The molecule has 2 aromatic rings. The third-order valence-corrected chi connectivity index (χ3v) is 6.33. The first kappa shape index (κ1) is 21.3. The molecule has 0 bridgehead atoms. The number of benzene rings is 1. The van der Waals surface area contributed by atoms with E-state index in [1.807, 2.05) is 6.92 Å². The Bertz CT molecular complexity index is 1070. The first-order chi connectivity index (χ1) is 15.0. The molecule has 0 radical (unpaired) electrons. The van der Waals surface area contributed by atoms with E-state index < -0.39 is 5.82 Å². The molecule has 2 aliphatic rings. The van der Waals surface area contributed by atoms with Crippen LogP contribution in [0.2, 0.25) is 0 Å². The highest BCUT2D eigenvalue weighted by atomic mass is 19.1. The quantitative estimate of drug-likeness (QED) is 0.619. The van der Waals surface area contributed by atoms with Crippen molar-refractivity contribution in [2.45, 2.75) is 40.0 Å². The van der Waals surface area contributed by atoms with Crippen LogP contribution in [0.15, 0.2) is 18.2 Å². The molecule has 164 valence electrons. The van der Waals surface area contributed by atoms with Crippen LogP contribution in [0.3, 0.4) is 0 Å². The first-order valence-electron chi connectivity index (χ1n) is 11.0. The SMILES string of the molecule is CCN(CC)CCNC(=O)c1c(C)[nH]c2c1CCC/C2=C1/C(=O)Nc2c(F)cccc21. The van der Waals surface area contributed by atoms with Gasteiger partial charge in [-0.2, -0.15) is 0 Å². The molecular formula is C24H29FN4O2. The average molecular weight is 425 g/mol. The largest absolute Gasteiger partial charge is 0.358 e. The summed E-state index contributed by atoms with van der Waals surface area (Å²) in [5.74, 6) is -0.815. The van der Waals surface area contributed by atoms with Gasteiger partial charge >= 0.3 is 0 Å². The first-order valence-corrected chi connectivity index (χ1v) is 11.0. The van der Waals surface area contributed by atoms with Crippen molar-refractivity contribution in [3.63, 3.8) is 0 Å². The monoisotopic (exact) mass is 424 g/mol. The van der Waals surface area contributed by atoms with E-state index in [1.54, 1.807) is 12.1 Å². The third-order valence-electron chi connectivity index (χ3n) is 6.33.